The summed E-state index contributed by atoms with van der Waals surface area (Å²) in [5.74, 6) is -0.292. The number of halogens is 1. The molecule has 0 aliphatic carbocycles. The largest absolute Gasteiger partial charge is 0.487 e. The minimum absolute atomic E-state index is 0.146. The molecule has 2 heterocycles. The van der Waals surface area contributed by atoms with E-state index in [9.17, 15) is 9.18 Å². The molecule has 1 unspecified atom stereocenters. The number of hydrogen-bond acceptors (Lipinski definition) is 5. The number of hydrogen-bond donors (Lipinski definition) is 1. The molecule has 4 rings (SSSR count). The topological polar surface area (TPSA) is 77.0 Å². The van der Waals surface area contributed by atoms with Crippen LogP contribution in [0.5, 0.6) is 5.75 Å². The number of benzene rings is 2. The van der Waals surface area contributed by atoms with E-state index in [1.54, 1.807) is 6.20 Å². The highest BCUT2D eigenvalue weighted by Crippen LogP contribution is 2.22. The summed E-state index contributed by atoms with van der Waals surface area (Å²) in [6.45, 7) is 2.20. The Bertz CT molecular complexity index is 1180. The molecule has 0 aliphatic heterocycles. The van der Waals surface area contributed by atoms with Crippen molar-refractivity contribution in [2.45, 2.75) is 19.6 Å². The SMILES string of the molecule is CC(NC(=O)c1cc(F)cc2nccnc12)c1cccc(OCc2ccccn2)c1. The van der Waals surface area contributed by atoms with E-state index in [1.165, 1.54) is 24.5 Å². The lowest BCUT2D eigenvalue weighted by atomic mass is 10.1. The maximum absolute atomic E-state index is 13.9. The first-order valence-corrected chi connectivity index (χ1v) is 9.44. The van der Waals surface area contributed by atoms with Gasteiger partial charge in [-0.3, -0.25) is 19.7 Å². The number of fused-ring (bicyclic) bond motifs is 1. The van der Waals surface area contributed by atoms with Crippen molar-refractivity contribution in [3.8, 4) is 5.75 Å². The van der Waals surface area contributed by atoms with Gasteiger partial charge < -0.3 is 10.1 Å². The number of rotatable bonds is 6. The quantitative estimate of drug-likeness (QED) is 0.522. The monoisotopic (exact) mass is 402 g/mol. The summed E-state index contributed by atoms with van der Waals surface area (Å²) in [6.07, 6.45) is 4.65. The summed E-state index contributed by atoms with van der Waals surface area (Å²) < 4.78 is 19.7. The van der Waals surface area contributed by atoms with Crippen LogP contribution in [-0.4, -0.2) is 20.9 Å². The van der Waals surface area contributed by atoms with Crippen LogP contribution in [0.25, 0.3) is 11.0 Å². The predicted octanol–water partition coefficient (Wildman–Crippen LogP) is 4.23. The number of carbonyl (C=O) groups excluding carboxylic acids is 1. The molecule has 4 aromatic rings. The van der Waals surface area contributed by atoms with Crippen molar-refractivity contribution in [3.05, 3.63) is 95.8 Å². The molecule has 0 bridgehead atoms. The number of pyridine rings is 1. The average molecular weight is 402 g/mol. The zero-order valence-electron chi connectivity index (χ0n) is 16.2. The molecule has 0 spiro atoms. The van der Waals surface area contributed by atoms with Gasteiger partial charge in [-0.25, -0.2) is 4.39 Å². The summed E-state index contributed by atoms with van der Waals surface area (Å²) in [5.41, 5.74) is 2.51. The Morgan fingerprint density at radius 2 is 1.90 bits per heavy atom. The highest BCUT2D eigenvalue weighted by molar-refractivity contribution is 6.04. The molecule has 0 saturated heterocycles. The Kier molecular flexibility index (Phi) is 5.61. The third-order valence-corrected chi connectivity index (χ3v) is 4.60. The van der Waals surface area contributed by atoms with Gasteiger partial charge in [-0.1, -0.05) is 18.2 Å². The first kappa shape index (κ1) is 19.4. The molecule has 0 aliphatic rings. The zero-order chi connectivity index (χ0) is 20.9. The molecular weight excluding hydrogens is 383 g/mol. The van der Waals surface area contributed by atoms with Crippen molar-refractivity contribution in [1.29, 1.82) is 0 Å². The van der Waals surface area contributed by atoms with E-state index in [2.05, 4.69) is 20.3 Å². The number of amides is 1. The number of nitrogens with zero attached hydrogens (tertiary/aromatic N) is 3. The lowest BCUT2D eigenvalue weighted by Gasteiger charge is -2.16. The average Bonchev–Trinajstić information content (AvgIpc) is 2.78. The molecule has 1 N–H and O–H groups in total. The van der Waals surface area contributed by atoms with Crippen molar-refractivity contribution in [2.24, 2.45) is 0 Å². The predicted molar refractivity (Wildman–Crippen MR) is 110 cm³/mol. The molecule has 150 valence electrons. The van der Waals surface area contributed by atoms with Crippen LogP contribution in [0, 0.1) is 5.82 Å². The smallest absolute Gasteiger partial charge is 0.254 e. The summed E-state index contributed by atoms with van der Waals surface area (Å²) >= 11 is 0. The van der Waals surface area contributed by atoms with Crippen molar-refractivity contribution in [1.82, 2.24) is 20.3 Å². The lowest BCUT2D eigenvalue weighted by molar-refractivity contribution is 0.0941. The third-order valence-electron chi connectivity index (χ3n) is 4.60. The zero-order valence-corrected chi connectivity index (χ0v) is 16.2. The first-order valence-electron chi connectivity index (χ1n) is 9.44. The summed E-state index contributed by atoms with van der Waals surface area (Å²) in [5, 5.41) is 2.89. The van der Waals surface area contributed by atoms with Gasteiger partial charge in [-0.05, 0) is 42.8 Å². The molecule has 0 saturated carbocycles. The van der Waals surface area contributed by atoms with Gasteiger partial charge in [0.1, 0.15) is 23.7 Å². The highest BCUT2D eigenvalue weighted by atomic mass is 19.1. The maximum Gasteiger partial charge on any atom is 0.254 e. The maximum atomic E-state index is 13.9. The van der Waals surface area contributed by atoms with Crippen molar-refractivity contribution in [2.75, 3.05) is 0 Å². The van der Waals surface area contributed by atoms with Gasteiger partial charge in [0, 0.05) is 24.7 Å². The van der Waals surface area contributed by atoms with Crippen LogP contribution in [0.1, 0.15) is 34.6 Å². The Morgan fingerprint density at radius 1 is 1.03 bits per heavy atom. The normalized spacial score (nSPS) is 11.8. The second kappa shape index (κ2) is 8.65. The van der Waals surface area contributed by atoms with Gasteiger partial charge in [0.05, 0.1) is 22.8 Å². The molecule has 1 amide bonds. The van der Waals surface area contributed by atoms with Crippen LogP contribution in [-0.2, 0) is 6.61 Å². The van der Waals surface area contributed by atoms with E-state index in [0.717, 1.165) is 11.3 Å². The van der Waals surface area contributed by atoms with Gasteiger partial charge in [0.25, 0.3) is 5.91 Å². The lowest BCUT2D eigenvalue weighted by Crippen LogP contribution is -2.27. The number of carbonyl (C=O) groups is 1. The van der Waals surface area contributed by atoms with E-state index in [1.807, 2.05) is 49.4 Å². The molecule has 2 aromatic carbocycles. The van der Waals surface area contributed by atoms with Crippen LogP contribution in [0.4, 0.5) is 4.39 Å². The fourth-order valence-electron chi connectivity index (χ4n) is 3.09. The molecule has 1 atom stereocenters. The van der Waals surface area contributed by atoms with Crippen molar-refractivity contribution >= 4 is 16.9 Å². The Labute approximate surface area is 172 Å². The minimum atomic E-state index is -0.536. The standard InChI is InChI=1S/C23H19FN4O2/c1-15(16-5-4-7-19(11-16)30-14-18-6-2-3-8-25-18)28-23(29)20-12-17(24)13-21-22(20)27-10-9-26-21/h2-13,15H,14H2,1H3,(H,28,29). The molecule has 0 radical (unpaired) electrons. The van der Waals surface area contributed by atoms with Gasteiger partial charge >= 0.3 is 0 Å². The minimum Gasteiger partial charge on any atom is -0.487 e. The van der Waals surface area contributed by atoms with E-state index >= 15 is 0 Å². The van der Waals surface area contributed by atoms with Crippen LogP contribution in [0.2, 0.25) is 0 Å². The number of nitrogens with one attached hydrogen (secondary N) is 1. The fourth-order valence-corrected chi connectivity index (χ4v) is 3.09. The second-order valence-electron chi connectivity index (χ2n) is 6.75. The van der Waals surface area contributed by atoms with E-state index in [0.29, 0.717) is 23.4 Å². The van der Waals surface area contributed by atoms with Crippen molar-refractivity contribution < 1.29 is 13.9 Å². The van der Waals surface area contributed by atoms with Gasteiger partial charge in [0.15, 0.2) is 0 Å². The van der Waals surface area contributed by atoms with Gasteiger partial charge in [-0.15, -0.1) is 0 Å². The van der Waals surface area contributed by atoms with Crippen LogP contribution < -0.4 is 10.1 Å². The van der Waals surface area contributed by atoms with Crippen LogP contribution in [0.3, 0.4) is 0 Å². The van der Waals surface area contributed by atoms with Crippen molar-refractivity contribution in [3.63, 3.8) is 0 Å². The molecule has 0 fully saturated rings. The van der Waals surface area contributed by atoms with Crippen LogP contribution >= 0.6 is 0 Å². The first-order chi connectivity index (χ1) is 14.6. The molecule has 30 heavy (non-hydrogen) atoms. The van der Waals surface area contributed by atoms with Crippen LogP contribution in [0.15, 0.2) is 73.2 Å². The summed E-state index contributed by atoms with van der Waals surface area (Å²) in [4.78, 5) is 25.3. The number of ether oxygens (including phenoxy) is 1. The molecule has 2 aromatic heterocycles. The van der Waals surface area contributed by atoms with E-state index in [-0.39, 0.29) is 11.6 Å². The van der Waals surface area contributed by atoms with E-state index in [4.69, 9.17) is 4.74 Å². The molecule has 7 heteroatoms. The van der Waals surface area contributed by atoms with Gasteiger partial charge in [0.2, 0.25) is 0 Å². The fraction of sp³-hybridized carbons (Fsp3) is 0.130. The van der Waals surface area contributed by atoms with E-state index < -0.39 is 11.7 Å². The Morgan fingerprint density at radius 3 is 2.73 bits per heavy atom. The Balaban J connectivity index is 1.49. The molecule has 6 nitrogen and oxygen atoms in total. The second-order valence-corrected chi connectivity index (χ2v) is 6.75. The number of aromatic nitrogens is 3. The summed E-state index contributed by atoms with van der Waals surface area (Å²) in [7, 11) is 0. The third kappa shape index (κ3) is 4.41. The van der Waals surface area contributed by atoms with Gasteiger partial charge in [-0.2, -0.15) is 0 Å². The summed E-state index contributed by atoms with van der Waals surface area (Å²) in [6, 6.07) is 15.2. The Hall–Kier alpha value is -3.87. The highest BCUT2D eigenvalue weighted by Gasteiger charge is 2.17. The molecular formula is C23H19FN4O2.